The van der Waals surface area contributed by atoms with Gasteiger partial charge in [0.2, 0.25) is 0 Å². The molecular weight excluding hydrogens is 294 g/mol. The summed E-state index contributed by atoms with van der Waals surface area (Å²) in [5, 5.41) is 1.11. The second-order valence-corrected chi connectivity index (χ2v) is 6.30. The third kappa shape index (κ3) is 3.57. The molecule has 1 aromatic heterocycles. The second-order valence-electron chi connectivity index (χ2n) is 3.49. The van der Waals surface area contributed by atoms with Gasteiger partial charge >= 0.3 is 0 Å². The van der Waals surface area contributed by atoms with Crippen molar-refractivity contribution in [3.05, 3.63) is 12.5 Å². The van der Waals surface area contributed by atoms with Gasteiger partial charge < -0.3 is 4.98 Å². The third-order valence-electron chi connectivity index (χ3n) is 2.27. The second kappa shape index (κ2) is 6.36. The van der Waals surface area contributed by atoms with Crippen molar-refractivity contribution in [3.63, 3.8) is 0 Å². The average Bonchev–Trinajstić information content (AvgIpc) is 2.77. The van der Waals surface area contributed by atoms with Crippen LogP contribution in [0.3, 0.4) is 0 Å². The van der Waals surface area contributed by atoms with Gasteiger partial charge in [0.25, 0.3) is 10.0 Å². The number of alkyl halides is 1. The maximum atomic E-state index is 11.9. The maximum absolute atomic E-state index is 11.9. The number of sulfonamides is 1. The molecule has 5 nitrogen and oxygen atoms in total. The molecule has 0 amide bonds. The molecule has 1 N–H and O–H groups in total. The number of rotatable bonds is 7. The van der Waals surface area contributed by atoms with Gasteiger partial charge in [0.15, 0.2) is 5.03 Å². The van der Waals surface area contributed by atoms with E-state index in [1.165, 1.54) is 16.8 Å². The van der Waals surface area contributed by atoms with E-state index in [-0.39, 0.29) is 5.03 Å². The molecule has 1 aromatic rings. The molecular formula is C9H16BrN3O2S. The maximum Gasteiger partial charge on any atom is 0.259 e. The number of nitrogens with one attached hydrogen (secondary N) is 1. The smallest absolute Gasteiger partial charge is 0.259 e. The quantitative estimate of drug-likeness (QED) is 0.614. The van der Waals surface area contributed by atoms with E-state index in [9.17, 15) is 8.42 Å². The van der Waals surface area contributed by atoms with Gasteiger partial charge in [-0.1, -0.05) is 22.4 Å². The lowest BCUT2D eigenvalue weighted by atomic mass is 10.2. The number of aromatic amines is 1. The number of aromatic nitrogens is 2. The zero-order valence-electron chi connectivity index (χ0n) is 9.19. The van der Waals surface area contributed by atoms with Crippen LogP contribution in [0.5, 0.6) is 0 Å². The summed E-state index contributed by atoms with van der Waals surface area (Å²) in [4.78, 5) is 6.32. The highest BCUT2D eigenvalue weighted by atomic mass is 79.9. The van der Waals surface area contributed by atoms with Crippen molar-refractivity contribution < 1.29 is 8.42 Å². The predicted molar refractivity (Wildman–Crippen MR) is 66.0 cm³/mol. The summed E-state index contributed by atoms with van der Waals surface area (Å²) in [5.41, 5.74) is 0. The Kier molecular flexibility index (Phi) is 5.43. The number of unbranched alkanes of at least 4 members (excludes halogenated alkanes) is 2. The normalized spacial score (nSPS) is 12.2. The van der Waals surface area contributed by atoms with Crippen LogP contribution < -0.4 is 0 Å². The van der Waals surface area contributed by atoms with Gasteiger partial charge in [-0.05, 0) is 12.8 Å². The highest BCUT2D eigenvalue weighted by Crippen LogP contribution is 2.11. The van der Waals surface area contributed by atoms with Crippen molar-refractivity contribution in [1.29, 1.82) is 0 Å². The first-order valence-corrected chi connectivity index (χ1v) is 7.66. The van der Waals surface area contributed by atoms with E-state index in [1.54, 1.807) is 7.05 Å². The van der Waals surface area contributed by atoms with Gasteiger partial charge in [-0.3, -0.25) is 0 Å². The summed E-state index contributed by atoms with van der Waals surface area (Å²) in [7, 11) is -1.79. The van der Waals surface area contributed by atoms with Gasteiger partial charge in [0.1, 0.15) is 0 Å². The van der Waals surface area contributed by atoms with Crippen LogP contribution in [0.25, 0.3) is 0 Å². The molecule has 0 aromatic carbocycles. The summed E-state index contributed by atoms with van der Waals surface area (Å²) in [6, 6.07) is 0. The Morgan fingerprint density at radius 2 is 2.19 bits per heavy atom. The molecule has 7 heteroatoms. The lowest BCUT2D eigenvalue weighted by Crippen LogP contribution is -2.28. The van der Waals surface area contributed by atoms with Crippen LogP contribution in [0.4, 0.5) is 0 Å². The van der Waals surface area contributed by atoms with E-state index in [2.05, 4.69) is 25.9 Å². The molecule has 0 aliphatic carbocycles. The van der Waals surface area contributed by atoms with E-state index in [0.717, 1.165) is 24.6 Å². The molecule has 92 valence electrons. The van der Waals surface area contributed by atoms with Crippen molar-refractivity contribution in [1.82, 2.24) is 14.3 Å². The highest BCUT2D eigenvalue weighted by Gasteiger charge is 2.21. The van der Waals surface area contributed by atoms with Crippen LogP contribution >= 0.6 is 15.9 Å². The molecule has 0 atom stereocenters. The molecule has 0 bridgehead atoms. The molecule has 0 saturated heterocycles. The van der Waals surface area contributed by atoms with Crippen molar-refractivity contribution in [2.75, 3.05) is 18.9 Å². The number of nitrogens with zero attached hydrogens (tertiary/aromatic N) is 2. The van der Waals surface area contributed by atoms with Crippen LogP contribution in [0.1, 0.15) is 19.3 Å². The van der Waals surface area contributed by atoms with Gasteiger partial charge in [0.05, 0.1) is 12.5 Å². The third-order valence-corrected chi connectivity index (χ3v) is 4.61. The Bertz CT molecular complexity index is 391. The lowest BCUT2D eigenvalue weighted by molar-refractivity contribution is 0.452. The first-order valence-electron chi connectivity index (χ1n) is 5.09. The van der Waals surface area contributed by atoms with E-state index in [4.69, 9.17) is 0 Å². The molecule has 0 saturated carbocycles. The minimum atomic E-state index is -3.38. The van der Waals surface area contributed by atoms with Crippen LogP contribution in [0.15, 0.2) is 17.6 Å². The summed E-state index contributed by atoms with van der Waals surface area (Å²) < 4.78 is 25.2. The monoisotopic (exact) mass is 309 g/mol. The molecule has 0 radical (unpaired) electrons. The Labute approximate surface area is 104 Å². The van der Waals surface area contributed by atoms with E-state index >= 15 is 0 Å². The Hall–Kier alpha value is -0.400. The minimum Gasteiger partial charge on any atom is -0.335 e. The Balaban J connectivity index is 2.50. The highest BCUT2D eigenvalue weighted by molar-refractivity contribution is 9.09. The number of imidazole rings is 1. The van der Waals surface area contributed by atoms with Crippen LogP contribution in [-0.2, 0) is 10.0 Å². The topological polar surface area (TPSA) is 66.1 Å². The fraction of sp³-hybridized carbons (Fsp3) is 0.667. The molecule has 0 fully saturated rings. The van der Waals surface area contributed by atoms with Crippen LogP contribution in [0, 0.1) is 0 Å². The first-order chi connectivity index (χ1) is 7.59. The van der Waals surface area contributed by atoms with Crippen molar-refractivity contribution >= 4 is 26.0 Å². The Morgan fingerprint density at radius 3 is 2.75 bits per heavy atom. The van der Waals surface area contributed by atoms with Gasteiger partial charge in [-0.2, -0.15) is 4.31 Å². The fourth-order valence-corrected chi connectivity index (χ4v) is 2.78. The summed E-state index contributed by atoms with van der Waals surface area (Å²) in [6.45, 7) is 0.536. The summed E-state index contributed by atoms with van der Waals surface area (Å²) in [6.07, 6.45) is 5.65. The fourth-order valence-electron chi connectivity index (χ4n) is 1.28. The zero-order chi connectivity index (χ0) is 12.0. The zero-order valence-corrected chi connectivity index (χ0v) is 11.6. The molecule has 0 unspecified atom stereocenters. The lowest BCUT2D eigenvalue weighted by Gasteiger charge is -2.15. The van der Waals surface area contributed by atoms with Crippen molar-refractivity contribution in [2.24, 2.45) is 0 Å². The standard InChI is InChI=1S/C9H16BrN3O2S/c1-13(6-4-2-3-5-10)16(14,15)9-7-11-8-12-9/h7-8H,2-6H2,1H3,(H,11,12). The van der Waals surface area contributed by atoms with Gasteiger partial charge in [0, 0.05) is 18.9 Å². The van der Waals surface area contributed by atoms with E-state index < -0.39 is 10.0 Å². The molecule has 0 aliphatic heterocycles. The molecule has 0 spiro atoms. The molecule has 1 heterocycles. The van der Waals surface area contributed by atoms with Crippen molar-refractivity contribution in [2.45, 2.75) is 24.3 Å². The summed E-state index contributed by atoms with van der Waals surface area (Å²) in [5.74, 6) is 0. The van der Waals surface area contributed by atoms with Gasteiger partial charge in [-0.25, -0.2) is 13.4 Å². The van der Waals surface area contributed by atoms with Crippen LogP contribution in [0.2, 0.25) is 0 Å². The van der Waals surface area contributed by atoms with E-state index in [1.807, 2.05) is 0 Å². The SMILES string of the molecule is CN(CCCCCBr)S(=O)(=O)c1cnc[nH]1. The molecule has 1 rings (SSSR count). The van der Waals surface area contributed by atoms with E-state index in [0.29, 0.717) is 6.54 Å². The predicted octanol–water partition coefficient (Wildman–Crippen LogP) is 1.60. The number of H-pyrrole nitrogens is 1. The molecule has 0 aliphatic rings. The number of hydrogen-bond donors (Lipinski definition) is 1. The number of hydrogen-bond acceptors (Lipinski definition) is 3. The minimum absolute atomic E-state index is 0.149. The number of halogens is 1. The summed E-state index contributed by atoms with van der Waals surface area (Å²) >= 11 is 3.34. The average molecular weight is 310 g/mol. The first kappa shape index (κ1) is 13.7. The van der Waals surface area contributed by atoms with Gasteiger partial charge in [-0.15, -0.1) is 0 Å². The largest absolute Gasteiger partial charge is 0.335 e. The van der Waals surface area contributed by atoms with Crippen molar-refractivity contribution in [3.8, 4) is 0 Å². The molecule has 16 heavy (non-hydrogen) atoms. The Morgan fingerprint density at radius 1 is 1.44 bits per heavy atom. The van der Waals surface area contributed by atoms with Crippen LogP contribution in [-0.4, -0.2) is 41.6 Å².